The molecule has 0 unspecified atom stereocenters. The maximum absolute atomic E-state index is 13.7. The normalized spacial score (nSPS) is 13.3. The minimum Gasteiger partial charge on any atom is -0.265 e. The second-order valence-corrected chi connectivity index (χ2v) is 9.52. The van der Waals surface area contributed by atoms with Gasteiger partial charge in [0.1, 0.15) is 11.6 Å². The molecule has 13 heteroatoms. The minimum atomic E-state index is -4.70. The molecule has 1 N–H and O–H groups in total. The summed E-state index contributed by atoms with van der Waals surface area (Å²) >= 11 is 0. The van der Waals surface area contributed by atoms with Gasteiger partial charge in [-0.1, -0.05) is 0 Å². The molecule has 1 aromatic carbocycles. The van der Waals surface area contributed by atoms with E-state index in [0.717, 1.165) is 0 Å². The van der Waals surface area contributed by atoms with Crippen LogP contribution >= 0.6 is 0 Å². The zero-order chi connectivity index (χ0) is 17.3. The summed E-state index contributed by atoms with van der Waals surface area (Å²) in [4.78, 5) is -0.976. The maximum Gasteiger partial charge on any atom is 0.264 e. The number of halogens is 2. The third kappa shape index (κ3) is 5.57. The van der Waals surface area contributed by atoms with Crippen molar-refractivity contribution in [3.05, 3.63) is 29.3 Å². The first kappa shape index (κ1) is 18.9. The maximum atomic E-state index is 13.7. The first-order valence-corrected chi connectivity index (χ1v) is 10.5. The van der Waals surface area contributed by atoms with E-state index in [1.807, 2.05) is 0 Å². The van der Waals surface area contributed by atoms with Crippen LogP contribution in [0.15, 0.2) is 17.0 Å². The van der Waals surface area contributed by atoms with Gasteiger partial charge in [-0.05, 0) is 12.1 Å². The second-order valence-electron chi connectivity index (χ2n) is 4.19. The number of nitrogens with one attached hydrogen (secondary N) is 1. The van der Waals surface area contributed by atoms with E-state index in [1.165, 1.54) is 4.13 Å². The lowest BCUT2D eigenvalue weighted by molar-refractivity contribution is 0.298. The van der Waals surface area contributed by atoms with Crippen LogP contribution in [0, 0.1) is 11.6 Å². The highest BCUT2D eigenvalue weighted by atomic mass is 32.3. The molecule has 0 aromatic heterocycles. The molecule has 1 aromatic rings. The number of hydrogen-bond acceptors (Lipinski definition) is 7. The highest BCUT2D eigenvalue weighted by Crippen LogP contribution is 2.20. The molecule has 0 aliphatic rings. The zero-order valence-corrected chi connectivity index (χ0v) is 13.6. The van der Waals surface area contributed by atoms with E-state index in [-0.39, 0.29) is 0 Å². The molecule has 0 bridgehead atoms. The van der Waals surface area contributed by atoms with E-state index in [9.17, 15) is 34.0 Å². The van der Waals surface area contributed by atoms with Gasteiger partial charge in [-0.25, -0.2) is 25.6 Å². The van der Waals surface area contributed by atoms with Crippen molar-refractivity contribution in [2.45, 2.75) is 11.5 Å². The molecule has 8 nitrogen and oxygen atoms in total. The summed E-state index contributed by atoms with van der Waals surface area (Å²) < 4.78 is 99.4. The van der Waals surface area contributed by atoms with E-state index in [1.54, 1.807) is 0 Å². The van der Waals surface area contributed by atoms with Gasteiger partial charge in [-0.15, -0.1) is 4.13 Å². The van der Waals surface area contributed by atoms with Gasteiger partial charge in [0.05, 0.1) is 29.6 Å². The van der Waals surface area contributed by atoms with Gasteiger partial charge in [0.2, 0.25) is 10.0 Å². The molecule has 22 heavy (non-hydrogen) atoms. The molecule has 0 aliphatic heterocycles. The molecular weight excluding hydrogens is 368 g/mol. The summed E-state index contributed by atoms with van der Waals surface area (Å²) in [6, 6.07) is 0.690. The second kappa shape index (κ2) is 6.16. The van der Waals surface area contributed by atoms with Gasteiger partial charge in [-0.2, -0.15) is 8.42 Å². The molecule has 0 radical (unpaired) electrons. The summed E-state index contributed by atoms with van der Waals surface area (Å²) in [6.07, 6.45) is 1.21. The zero-order valence-electron chi connectivity index (χ0n) is 11.2. The summed E-state index contributed by atoms with van der Waals surface area (Å²) in [7, 11) is -12.8. The molecule has 0 aliphatic carbocycles. The molecule has 0 heterocycles. The van der Waals surface area contributed by atoms with Crippen molar-refractivity contribution in [3.63, 3.8) is 0 Å². The van der Waals surface area contributed by atoms with Gasteiger partial charge >= 0.3 is 0 Å². The first-order valence-electron chi connectivity index (χ1n) is 5.27. The highest BCUT2D eigenvalue weighted by Gasteiger charge is 2.23. The standard InChI is InChI=1S/C9H11F2NO7S3/c1-20(13,14)12-22(17,18)6-3-8(10)7(9(11)4-6)5-19-21(2,15)16/h3-4,12H,5H2,1-2H3. The average molecular weight is 379 g/mol. The van der Waals surface area contributed by atoms with E-state index in [4.69, 9.17) is 0 Å². The Bertz CT molecular complexity index is 868. The molecule has 0 fully saturated rings. The summed E-state index contributed by atoms with van der Waals surface area (Å²) in [5.41, 5.74) is -0.816. The van der Waals surface area contributed by atoms with Crippen LogP contribution in [-0.2, 0) is 41.0 Å². The Hall–Kier alpha value is -1.15. The van der Waals surface area contributed by atoms with E-state index < -0.39 is 58.9 Å². The van der Waals surface area contributed by atoms with Crippen LogP contribution < -0.4 is 4.13 Å². The van der Waals surface area contributed by atoms with Crippen molar-refractivity contribution in [1.29, 1.82) is 0 Å². The van der Waals surface area contributed by atoms with Gasteiger partial charge < -0.3 is 0 Å². The molecule has 0 atom stereocenters. The Morgan fingerprint density at radius 2 is 1.45 bits per heavy atom. The first-order chi connectivity index (χ1) is 9.71. The predicted molar refractivity (Wildman–Crippen MR) is 71.2 cm³/mol. The summed E-state index contributed by atoms with van der Waals surface area (Å²) in [6.45, 7) is -0.976. The largest absolute Gasteiger partial charge is 0.265 e. The van der Waals surface area contributed by atoms with E-state index >= 15 is 0 Å². The minimum absolute atomic E-state index is 0.345. The highest BCUT2D eigenvalue weighted by molar-refractivity contribution is 8.04. The smallest absolute Gasteiger partial charge is 0.264 e. The Morgan fingerprint density at radius 3 is 1.82 bits per heavy atom. The van der Waals surface area contributed by atoms with Gasteiger partial charge in [0.15, 0.2) is 0 Å². The van der Waals surface area contributed by atoms with E-state index in [2.05, 4.69) is 4.18 Å². The number of sulfonamides is 2. The third-order valence-electron chi connectivity index (χ3n) is 2.10. The lowest BCUT2D eigenvalue weighted by Gasteiger charge is -2.09. The molecule has 1 rings (SSSR count). The molecule has 126 valence electrons. The summed E-state index contributed by atoms with van der Waals surface area (Å²) in [5, 5.41) is 0. The van der Waals surface area contributed by atoms with Crippen LogP contribution in [0.5, 0.6) is 0 Å². The molecule has 0 saturated heterocycles. The Balaban J connectivity index is 3.24. The van der Waals surface area contributed by atoms with Crippen molar-refractivity contribution >= 4 is 30.2 Å². The lowest BCUT2D eigenvalue weighted by Crippen LogP contribution is -2.29. The quantitative estimate of drug-likeness (QED) is 0.672. The van der Waals surface area contributed by atoms with Crippen molar-refractivity contribution in [3.8, 4) is 0 Å². The van der Waals surface area contributed by atoms with Crippen LogP contribution in [0.2, 0.25) is 0 Å². The fourth-order valence-electron chi connectivity index (χ4n) is 1.29. The third-order valence-corrected chi connectivity index (χ3v) is 5.59. The van der Waals surface area contributed by atoms with Gasteiger partial charge in [0, 0.05) is 0 Å². The number of rotatable bonds is 6. The molecular formula is C9H11F2NO7S3. The Labute approximate surface area is 126 Å². The fraction of sp³-hybridized carbons (Fsp3) is 0.333. The number of benzene rings is 1. The SMILES string of the molecule is CS(=O)(=O)NS(=O)(=O)c1cc(F)c(COS(C)(=O)=O)c(F)c1. The predicted octanol–water partition coefficient (Wildman–Crippen LogP) is -0.321. The monoisotopic (exact) mass is 379 g/mol. The van der Waals surface area contributed by atoms with Crippen LogP contribution in [0.25, 0.3) is 0 Å². The Morgan fingerprint density at radius 1 is 1.00 bits per heavy atom. The Kier molecular flexibility index (Phi) is 5.29. The van der Waals surface area contributed by atoms with Crippen LogP contribution in [0.4, 0.5) is 8.78 Å². The van der Waals surface area contributed by atoms with Crippen LogP contribution in [0.3, 0.4) is 0 Å². The van der Waals surface area contributed by atoms with Crippen LogP contribution in [0.1, 0.15) is 5.56 Å². The van der Waals surface area contributed by atoms with E-state index in [0.29, 0.717) is 24.6 Å². The number of hydrogen-bond donors (Lipinski definition) is 1. The van der Waals surface area contributed by atoms with Crippen molar-refractivity contribution in [2.24, 2.45) is 0 Å². The van der Waals surface area contributed by atoms with Gasteiger partial charge in [-0.3, -0.25) is 4.18 Å². The summed E-state index contributed by atoms with van der Waals surface area (Å²) in [5.74, 6) is -2.81. The molecule has 0 saturated carbocycles. The van der Waals surface area contributed by atoms with Crippen molar-refractivity contribution in [2.75, 3.05) is 12.5 Å². The van der Waals surface area contributed by atoms with Crippen LogP contribution in [-0.4, -0.2) is 37.8 Å². The molecule has 0 amide bonds. The van der Waals surface area contributed by atoms with Crippen molar-refractivity contribution in [1.82, 2.24) is 4.13 Å². The van der Waals surface area contributed by atoms with Crippen molar-refractivity contribution < 1.29 is 38.2 Å². The average Bonchev–Trinajstić information content (AvgIpc) is 2.22. The lowest BCUT2D eigenvalue weighted by atomic mass is 10.2. The van der Waals surface area contributed by atoms with Gasteiger partial charge in [0.25, 0.3) is 20.1 Å². The topological polar surface area (TPSA) is 124 Å². The molecule has 0 spiro atoms. The fourth-order valence-corrected chi connectivity index (χ4v) is 4.11.